The Labute approximate surface area is 115 Å². The Balaban J connectivity index is 1.37. The number of rotatable bonds is 2. The summed E-state index contributed by atoms with van der Waals surface area (Å²) in [6.45, 7) is 1.01. The molecule has 0 aromatic carbocycles. The number of carbonyl (C=O) groups is 1. The van der Waals surface area contributed by atoms with Crippen LogP contribution in [0.5, 0.6) is 0 Å². The number of amides is 1. The molecular weight excluding hydrogens is 236 g/mol. The summed E-state index contributed by atoms with van der Waals surface area (Å²) in [4.78, 5) is 12.3. The van der Waals surface area contributed by atoms with Crippen LogP contribution in [0.25, 0.3) is 0 Å². The van der Waals surface area contributed by atoms with Crippen LogP contribution in [0.15, 0.2) is 0 Å². The second-order valence-corrected chi connectivity index (χ2v) is 7.27. The molecule has 4 fully saturated rings. The first-order valence-electron chi connectivity index (χ1n) is 8.36. The SMILES string of the molecule is O=C(NC1CC2CC1C1CCCC21)C1CCCCN1. The Morgan fingerprint density at radius 3 is 2.68 bits per heavy atom. The van der Waals surface area contributed by atoms with Gasteiger partial charge in [0.2, 0.25) is 5.91 Å². The number of carbonyl (C=O) groups excluding carboxylic acids is 1. The van der Waals surface area contributed by atoms with E-state index in [0.717, 1.165) is 36.6 Å². The maximum Gasteiger partial charge on any atom is 0.237 e. The molecule has 1 saturated heterocycles. The van der Waals surface area contributed by atoms with Crippen LogP contribution in [0.1, 0.15) is 51.4 Å². The maximum atomic E-state index is 12.3. The molecule has 3 saturated carbocycles. The molecule has 19 heavy (non-hydrogen) atoms. The summed E-state index contributed by atoms with van der Waals surface area (Å²) < 4.78 is 0. The molecule has 1 aliphatic heterocycles. The van der Waals surface area contributed by atoms with Gasteiger partial charge in [0.15, 0.2) is 0 Å². The number of nitrogens with one attached hydrogen (secondary N) is 2. The molecule has 106 valence electrons. The van der Waals surface area contributed by atoms with Gasteiger partial charge in [-0.3, -0.25) is 4.79 Å². The quantitative estimate of drug-likeness (QED) is 0.800. The van der Waals surface area contributed by atoms with E-state index in [1.165, 1.54) is 44.9 Å². The van der Waals surface area contributed by atoms with Gasteiger partial charge in [0.1, 0.15) is 0 Å². The lowest BCUT2D eigenvalue weighted by molar-refractivity contribution is -0.124. The Bertz CT molecular complexity index is 364. The molecule has 2 N–H and O–H groups in total. The van der Waals surface area contributed by atoms with E-state index in [1.54, 1.807) is 0 Å². The van der Waals surface area contributed by atoms with Crippen LogP contribution < -0.4 is 10.6 Å². The number of piperidine rings is 1. The van der Waals surface area contributed by atoms with Gasteiger partial charge in [-0.2, -0.15) is 0 Å². The molecule has 3 aliphatic carbocycles. The molecule has 6 atom stereocenters. The van der Waals surface area contributed by atoms with Crippen LogP contribution in [0.2, 0.25) is 0 Å². The number of fused-ring (bicyclic) bond motifs is 5. The normalized spacial score (nSPS) is 48.2. The minimum Gasteiger partial charge on any atom is -0.352 e. The van der Waals surface area contributed by atoms with Crippen molar-refractivity contribution in [3.05, 3.63) is 0 Å². The summed E-state index contributed by atoms with van der Waals surface area (Å²) in [6, 6.07) is 0.591. The molecule has 1 heterocycles. The summed E-state index contributed by atoms with van der Waals surface area (Å²) in [5.74, 6) is 3.99. The van der Waals surface area contributed by atoms with Crippen molar-refractivity contribution in [3.8, 4) is 0 Å². The predicted molar refractivity (Wildman–Crippen MR) is 74.6 cm³/mol. The van der Waals surface area contributed by atoms with E-state index in [4.69, 9.17) is 0 Å². The zero-order chi connectivity index (χ0) is 12.8. The molecule has 6 unspecified atom stereocenters. The minimum absolute atomic E-state index is 0.0900. The second kappa shape index (κ2) is 4.76. The smallest absolute Gasteiger partial charge is 0.237 e. The van der Waals surface area contributed by atoms with Gasteiger partial charge in [0, 0.05) is 6.04 Å². The molecule has 4 rings (SSSR count). The highest BCUT2D eigenvalue weighted by molar-refractivity contribution is 5.82. The van der Waals surface area contributed by atoms with Crippen LogP contribution in [0, 0.1) is 23.7 Å². The standard InChI is InChI=1S/C16H26N2O/c19-16(14-6-1-2-7-17-14)18-15-9-10-8-13(15)12-5-3-4-11(10)12/h10-15,17H,1-9H2,(H,18,19). The zero-order valence-corrected chi connectivity index (χ0v) is 11.7. The molecule has 0 aromatic rings. The van der Waals surface area contributed by atoms with Crippen molar-refractivity contribution in [2.24, 2.45) is 23.7 Å². The van der Waals surface area contributed by atoms with Crippen molar-refractivity contribution >= 4 is 5.91 Å². The molecule has 3 heteroatoms. The van der Waals surface area contributed by atoms with Crippen molar-refractivity contribution in [1.82, 2.24) is 10.6 Å². The third-order valence-corrected chi connectivity index (χ3v) is 6.38. The molecule has 0 spiro atoms. The summed E-state index contributed by atoms with van der Waals surface area (Å²) in [5.41, 5.74) is 0. The molecule has 1 amide bonds. The third-order valence-electron chi connectivity index (χ3n) is 6.38. The Morgan fingerprint density at radius 2 is 1.84 bits per heavy atom. The van der Waals surface area contributed by atoms with Gasteiger partial charge in [0.05, 0.1) is 6.04 Å². The number of hydrogen-bond donors (Lipinski definition) is 2. The van der Waals surface area contributed by atoms with E-state index in [9.17, 15) is 4.79 Å². The van der Waals surface area contributed by atoms with Crippen molar-refractivity contribution in [2.75, 3.05) is 6.54 Å². The number of hydrogen-bond acceptors (Lipinski definition) is 2. The summed E-state index contributed by atoms with van der Waals surface area (Å²) in [6.07, 6.45) is 10.5. The highest BCUT2D eigenvalue weighted by Gasteiger charge is 2.54. The molecule has 0 aromatic heterocycles. The average molecular weight is 262 g/mol. The van der Waals surface area contributed by atoms with E-state index in [1.807, 2.05) is 0 Å². The van der Waals surface area contributed by atoms with Crippen LogP contribution in [0.4, 0.5) is 0 Å². The zero-order valence-electron chi connectivity index (χ0n) is 11.7. The van der Waals surface area contributed by atoms with E-state index >= 15 is 0 Å². The van der Waals surface area contributed by atoms with E-state index in [2.05, 4.69) is 10.6 Å². The van der Waals surface area contributed by atoms with Crippen LogP contribution in [0.3, 0.4) is 0 Å². The maximum absolute atomic E-state index is 12.3. The Kier molecular flexibility index (Phi) is 3.06. The Morgan fingerprint density at radius 1 is 0.947 bits per heavy atom. The molecule has 2 bridgehead atoms. The topological polar surface area (TPSA) is 41.1 Å². The van der Waals surface area contributed by atoms with Crippen molar-refractivity contribution in [3.63, 3.8) is 0 Å². The molecule has 3 nitrogen and oxygen atoms in total. The van der Waals surface area contributed by atoms with Crippen molar-refractivity contribution in [2.45, 2.75) is 63.5 Å². The van der Waals surface area contributed by atoms with Gasteiger partial charge in [-0.1, -0.05) is 12.8 Å². The lowest BCUT2D eigenvalue weighted by Gasteiger charge is -2.33. The summed E-state index contributed by atoms with van der Waals surface area (Å²) in [7, 11) is 0. The predicted octanol–water partition coefficient (Wildman–Crippen LogP) is 2.07. The first-order valence-corrected chi connectivity index (χ1v) is 8.36. The van der Waals surface area contributed by atoms with Gasteiger partial charge in [-0.25, -0.2) is 0 Å². The fraction of sp³-hybridized carbons (Fsp3) is 0.938. The second-order valence-electron chi connectivity index (χ2n) is 7.27. The minimum atomic E-state index is 0.0900. The molecular formula is C16H26N2O. The first kappa shape index (κ1) is 12.2. The van der Waals surface area contributed by atoms with Gasteiger partial charge in [-0.15, -0.1) is 0 Å². The summed E-state index contributed by atoms with van der Waals surface area (Å²) in [5, 5.41) is 6.76. The van der Waals surface area contributed by atoms with E-state index in [0.29, 0.717) is 6.04 Å². The van der Waals surface area contributed by atoms with E-state index in [-0.39, 0.29) is 11.9 Å². The Hall–Kier alpha value is -0.570. The molecule has 4 aliphatic rings. The van der Waals surface area contributed by atoms with Gasteiger partial charge in [0.25, 0.3) is 0 Å². The van der Waals surface area contributed by atoms with Crippen LogP contribution in [-0.4, -0.2) is 24.5 Å². The van der Waals surface area contributed by atoms with Crippen molar-refractivity contribution < 1.29 is 4.79 Å². The fourth-order valence-electron chi connectivity index (χ4n) is 5.59. The lowest BCUT2D eigenvalue weighted by Crippen LogP contribution is -2.51. The highest BCUT2D eigenvalue weighted by Crippen LogP contribution is 2.58. The monoisotopic (exact) mass is 262 g/mol. The van der Waals surface area contributed by atoms with Crippen molar-refractivity contribution in [1.29, 1.82) is 0 Å². The van der Waals surface area contributed by atoms with Gasteiger partial charge >= 0.3 is 0 Å². The van der Waals surface area contributed by atoms with Gasteiger partial charge in [-0.05, 0) is 68.7 Å². The van der Waals surface area contributed by atoms with Crippen LogP contribution in [-0.2, 0) is 4.79 Å². The fourth-order valence-corrected chi connectivity index (χ4v) is 5.59. The summed E-state index contributed by atoms with van der Waals surface area (Å²) >= 11 is 0. The van der Waals surface area contributed by atoms with Gasteiger partial charge < -0.3 is 10.6 Å². The first-order chi connectivity index (χ1) is 9.33. The van der Waals surface area contributed by atoms with E-state index < -0.39 is 0 Å². The highest BCUT2D eigenvalue weighted by atomic mass is 16.2. The lowest BCUT2D eigenvalue weighted by atomic mass is 9.79. The largest absolute Gasteiger partial charge is 0.352 e. The third kappa shape index (κ3) is 2.01. The van der Waals surface area contributed by atoms with Crippen LogP contribution >= 0.6 is 0 Å². The molecule has 0 radical (unpaired) electrons. The average Bonchev–Trinajstić information content (AvgIpc) is 3.11.